The average Bonchev–Trinajstić information content (AvgIpc) is 3.47. The number of thiazole rings is 2. The number of rotatable bonds is 4. The van der Waals surface area contributed by atoms with Crippen LogP contribution in [0, 0.1) is 13.8 Å². The minimum absolute atomic E-state index is 0.811. The van der Waals surface area contributed by atoms with E-state index in [1.54, 1.807) is 22.7 Å². The molecule has 4 nitrogen and oxygen atoms in total. The molecular weight excluding hydrogens is 456 g/mol. The predicted molar refractivity (Wildman–Crippen MR) is 144 cm³/mol. The highest BCUT2D eigenvalue weighted by Crippen LogP contribution is 2.33. The van der Waals surface area contributed by atoms with E-state index in [1.807, 2.05) is 24.3 Å². The van der Waals surface area contributed by atoms with Crippen molar-refractivity contribution in [2.24, 2.45) is 10.2 Å². The lowest BCUT2D eigenvalue weighted by Crippen LogP contribution is -1.76. The summed E-state index contributed by atoms with van der Waals surface area (Å²) in [6, 6.07) is 28.9. The molecule has 164 valence electrons. The highest BCUT2D eigenvalue weighted by molar-refractivity contribution is 7.22. The van der Waals surface area contributed by atoms with Crippen LogP contribution >= 0.6 is 22.7 Å². The molecule has 6 aromatic rings. The number of nitrogens with zero attached hydrogens (tertiary/aromatic N) is 4. The maximum atomic E-state index is 4.76. The minimum Gasteiger partial charge on any atom is -0.236 e. The molecule has 0 aliphatic heterocycles. The van der Waals surface area contributed by atoms with Crippen LogP contribution in [0.25, 0.3) is 41.6 Å². The van der Waals surface area contributed by atoms with Crippen LogP contribution in [0.15, 0.2) is 95.2 Å². The molecule has 0 N–H and O–H groups in total. The first-order valence-corrected chi connectivity index (χ1v) is 12.6. The van der Waals surface area contributed by atoms with E-state index < -0.39 is 0 Å². The third-order valence-corrected chi connectivity index (χ3v) is 7.73. The molecule has 0 fully saturated rings. The third kappa shape index (κ3) is 4.14. The van der Waals surface area contributed by atoms with Gasteiger partial charge in [0.05, 0.1) is 31.8 Å². The van der Waals surface area contributed by atoms with E-state index in [9.17, 15) is 0 Å². The largest absolute Gasteiger partial charge is 0.236 e. The summed E-state index contributed by atoms with van der Waals surface area (Å²) < 4.78 is 2.42. The standard InChI is InChI=1S/C28H20N4S2/c1-17-3-13-23-25(15-17)33-27(29-23)19-5-9-21(10-6-19)31-32-22-11-7-20(8-12-22)28-30-24-14-4-18(2)16-26(24)34-28/h3-16H,1-2H3. The molecule has 0 aliphatic carbocycles. The van der Waals surface area contributed by atoms with E-state index in [4.69, 9.17) is 9.97 Å². The summed E-state index contributed by atoms with van der Waals surface area (Å²) in [6.07, 6.45) is 0. The van der Waals surface area contributed by atoms with E-state index in [-0.39, 0.29) is 0 Å². The minimum atomic E-state index is 0.811. The normalized spacial score (nSPS) is 11.7. The van der Waals surface area contributed by atoms with Crippen molar-refractivity contribution in [2.75, 3.05) is 0 Å². The first kappa shape index (κ1) is 20.8. The number of hydrogen-bond acceptors (Lipinski definition) is 6. The van der Waals surface area contributed by atoms with Gasteiger partial charge in [0, 0.05) is 11.1 Å². The Morgan fingerprint density at radius 3 is 1.35 bits per heavy atom. The number of aromatic nitrogens is 2. The molecule has 2 heterocycles. The van der Waals surface area contributed by atoms with Crippen molar-refractivity contribution in [3.63, 3.8) is 0 Å². The Bertz CT molecular complexity index is 1530. The van der Waals surface area contributed by atoms with Crippen molar-refractivity contribution in [2.45, 2.75) is 13.8 Å². The summed E-state index contributed by atoms with van der Waals surface area (Å²) in [4.78, 5) is 9.52. The number of fused-ring (bicyclic) bond motifs is 2. The van der Waals surface area contributed by atoms with Gasteiger partial charge in [-0.2, -0.15) is 10.2 Å². The van der Waals surface area contributed by atoms with Crippen molar-refractivity contribution in [3.05, 3.63) is 96.1 Å². The molecule has 6 rings (SSSR count). The Balaban J connectivity index is 1.18. The summed E-state index contributed by atoms with van der Waals surface area (Å²) >= 11 is 3.42. The summed E-state index contributed by atoms with van der Waals surface area (Å²) in [7, 11) is 0. The van der Waals surface area contributed by atoms with Crippen LogP contribution in [0.3, 0.4) is 0 Å². The fourth-order valence-corrected chi connectivity index (χ4v) is 5.91. The van der Waals surface area contributed by atoms with Crippen molar-refractivity contribution in [1.29, 1.82) is 0 Å². The molecule has 0 amide bonds. The Labute approximate surface area is 205 Å². The summed E-state index contributed by atoms with van der Waals surface area (Å²) in [6.45, 7) is 4.21. The Morgan fingerprint density at radius 2 is 0.941 bits per heavy atom. The molecule has 0 spiro atoms. The maximum absolute atomic E-state index is 4.76. The molecule has 0 saturated carbocycles. The molecule has 0 unspecified atom stereocenters. The number of benzene rings is 4. The van der Waals surface area contributed by atoms with E-state index in [0.29, 0.717) is 0 Å². The first-order chi connectivity index (χ1) is 16.6. The van der Waals surface area contributed by atoms with Crippen LogP contribution in [-0.4, -0.2) is 9.97 Å². The van der Waals surface area contributed by atoms with Crippen LogP contribution in [0.4, 0.5) is 11.4 Å². The Kier molecular flexibility index (Phi) is 5.24. The van der Waals surface area contributed by atoms with Crippen LogP contribution in [-0.2, 0) is 0 Å². The van der Waals surface area contributed by atoms with Gasteiger partial charge in [-0.1, -0.05) is 12.1 Å². The summed E-state index contributed by atoms with van der Waals surface area (Å²) in [5.41, 5.74) is 8.39. The van der Waals surface area contributed by atoms with Gasteiger partial charge in [-0.3, -0.25) is 0 Å². The lowest BCUT2D eigenvalue weighted by Gasteiger charge is -1.98. The zero-order chi connectivity index (χ0) is 23.1. The van der Waals surface area contributed by atoms with Crippen LogP contribution in [0.2, 0.25) is 0 Å². The van der Waals surface area contributed by atoms with Gasteiger partial charge in [-0.25, -0.2) is 9.97 Å². The van der Waals surface area contributed by atoms with Gasteiger partial charge in [-0.05, 0) is 97.8 Å². The fraction of sp³-hybridized carbons (Fsp3) is 0.0714. The zero-order valence-electron chi connectivity index (χ0n) is 18.7. The molecule has 34 heavy (non-hydrogen) atoms. The SMILES string of the molecule is Cc1ccc2nc(-c3ccc(N=Nc4ccc(-c5nc6ccc(C)cc6s5)cc4)cc3)sc2c1. The van der Waals surface area contributed by atoms with Gasteiger partial charge in [-0.15, -0.1) is 22.7 Å². The van der Waals surface area contributed by atoms with Crippen molar-refractivity contribution in [3.8, 4) is 21.1 Å². The van der Waals surface area contributed by atoms with Gasteiger partial charge in [0.25, 0.3) is 0 Å². The number of hydrogen-bond donors (Lipinski definition) is 0. The first-order valence-electron chi connectivity index (χ1n) is 11.0. The second kappa shape index (κ2) is 8.56. The molecule has 4 aromatic carbocycles. The van der Waals surface area contributed by atoms with E-state index >= 15 is 0 Å². The lowest BCUT2D eigenvalue weighted by molar-refractivity contribution is 1.23. The van der Waals surface area contributed by atoms with Gasteiger partial charge in [0.2, 0.25) is 0 Å². The smallest absolute Gasteiger partial charge is 0.124 e. The van der Waals surface area contributed by atoms with E-state index in [0.717, 1.165) is 43.6 Å². The zero-order valence-corrected chi connectivity index (χ0v) is 20.3. The Morgan fingerprint density at radius 1 is 0.529 bits per heavy atom. The summed E-state index contributed by atoms with van der Waals surface area (Å²) in [5.74, 6) is 0. The topological polar surface area (TPSA) is 50.5 Å². The third-order valence-electron chi connectivity index (χ3n) is 5.60. The van der Waals surface area contributed by atoms with Crippen molar-refractivity contribution in [1.82, 2.24) is 9.97 Å². The average molecular weight is 477 g/mol. The van der Waals surface area contributed by atoms with Gasteiger partial charge in [0.15, 0.2) is 0 Å². The van der Waals surface area contributed by atoms with Gasteiger partial charge >= 0.3 is 0 Å². The molecule has 6 heteroatoms. The predicted octanol–water partition coefficient (Wildman–Crippen LogP) is 9.27. The Hall–Kier alpha value is -3.74. The number of aryl methyl sites for hydroxylation is 2. The monoisotopic (exact) mass is 476 g/mol. The molecule has 0 saturated heterocycles. The highest BCUT2D eigenvalue weighted by atomic mass is 32.1. The molecule has 0 radical (unpaired) electrons. The van der Waals surface area contributed by atoms with Crippen molar-refractivity contribution < 1.29 is 0 Å². The molecule has 0 bridgehead atoms. The molecule has 0 aliphatic rings. The van der Waals surface area contributed by atoms with E-state index in [2.05, 4.69) is 84.7 Å². The molecule has 2 aromatic heterocycles. The van der Waals surface area contributed by atoms with Crippen LogP contribution in [0.5, 0.6) is 0 Å². The van der Waals surface area contributed by atoms with Crippen LogP contribution < -0.4 is 0 Å². The maximum Gasteiger partial charge on any atom is 0.124 e. The highest BCUT2D eigenvalue weighted by Gasteiger charge is 2.08. The fourth-order valence-electron chi connectivity index (χ4n) is 3.77. The number of azo groups is 1. The van der Waals surface area contributed by atoms with Crippen molar-refractivity contribution >= 4 is 54.5 Å². The molecule has 0 atom stereocenters. The second-order valence-electron chi connectivity index (χ2n) is 8.27. The van der Waals surface area contributed by atoms with Crippen LogP contribution in [0.1, 0.15) is 11.1 Å². The lowest BCUT2D eigenvalue weighted by atomic mass is 10.2. The summed E-state index contributed by atoms with van der Waals surface area (Å²) in [5, 5.41) is 10.9. The van der Waals surface area contributed by atoms with Gasteiger partial charge < -0.3 is 0 Å². The quantitative estimate of drug-likeness (QED) is 0.238. The van der Waals surface area contributed by atoms with Gasteiger partial charge in [0.1, 0.15) is 10.0 Å². The van der Waals surface area contributed by atoms with E-state index in [1.165, 1.54) is 20.5 Å². The molecular formula is C28H20N4S2. The second-order valence-corrected chi connectivity index (χ2v) is 10.3.